The zero-order valence-corrected chi connectivity index (χ0v) is 31.4. The summed E-state index contributed by atoms with van der Waals surface area (Å²) < 4.78 is 18.5. The van der Waals surface area contributed by atoms with Crippen LogP contribution in [0.1, 0.15) is 83.1 Å². The van der Waals surface area contributed by atoms with E-state index < -0.39 is 25.2 Å². The van der Waals surface area contributed by atoms with Gasteiger partial charge in [0.25, 0.3) is 6.26 Å². The SMILES string of the molecule is C.C.C.Cc1ccc(CC(=O)CCCC[Si](C)(C)O[Si](C)(C)O[Si](C)(C)CCCCC(=O)Cc2ccc(C)c(OC#N)c2)cc1N=C=O. The third-order valence-electron chi connectivity index (χ3n) is 7.66. The van der Waals surface area contributed by atoms with Crippen LogP contribution in [0, 0.1) is 25.4 Å². The summed E-state index contributed by atoms with van der Waals surface area (Å²) in [5.41, 5.74) is 4.04. The number of nitriles is 1. The van der Waals surface area contributed by atoms with E-state index in [0.717, 1.165) is 60.0 Å². The molecule has 2 aromatic rings. The average Bonchev–Trinajstić information content (AvgIpc) is 2.92. The number of aryl methyl sites for hydroxylation is 2. The Morgan fingerprint density at radius 1 is 0.729 bits per heavy atom. The summed E-state index contributed by atoms with van der Waals surface area (Å²) in [5, 5.41) is 8.80. The van der Waals surface area contributed by atoms with Crippen LogP contribution in [0.4, 0.5) is 5.69 Å². The van der Waals surface area contributed by atoms with E-state index in [-0.39, 0.29) is 33.8 Å². The third kappa shape index (κ3) is 18.0. The van der Waals surface area contributed by atoms with E-state index in [2.05, 4.69) is 44.3 Å². The van der Waals surface area contributed by atoms with E-state index in [4.69, 9.17) is 18.2 Å². The Kier molecular flexibility index (Phi) is 21.5. The first-order chi connectivity index (χ1) is 21.0. The van der Waals surface area contributed by atoms with Crippen molar-refractivity contribution in [1.82, 2.24) is 0 Å². The number of aliphatic imine (C=N–C) groups is 1. The lowest BCUT2D eigenvalue weighted by Crippen LogP contribution is -2.52. The topological polar surface area (TPSA) is 115 Å². The number of carbonyl (C=O) groups excluding carboxylic acids is 3. The second-order valence-corrected chi connectivity index (χ2v) is 26.1. The molecule has 8 nitrogen and oxygen atoms in total. The van der Waals surface area contributed by atoms with Gasteiger partial charge < -0.3 is 13.0 Å². The molecule has 0 radical (unpaired) electrons. The Balaban J connectivity index is 0. The van der Waals surface area contributed by atoms with Crippen LogP contribution < -0.4 is 4.74 Å². The van der Waals surface area contributed by atoms with Gasteiger partial charge in [-0.25, -0.2) is 4.79 Å². The maximum atomic E-state index is 12.6. The number of unbranched alkanes of at least 4 members (excludes halogenated alkanes) is 2. The fourth-order valence-corrected chi connectivity index (χ4v) is 19.9. The highest BCUT2D eigenvalue weighted by molar-refractivity contribution is 6.87. The normalized spacial score (nSPS) is 11.1. The van der Waals surface area contributed by atoms with Crippen molar-refractivity contribution in [1.29, 1.82) is 5.26 Å². The highest BCUT2D eigenvalue weighted by Gasteiger charge is 2.39. The summed E-state index contributed by atoms with van der Waals surface area (Å²) in [4.78, 5) is 39.5. The van der Waals surface area contributed by atoms with Crippen LogP contribution in [0.3, 0.4) is 0 Å². The zero-order valence-electron chi connectivity index (χ0n) is 28.4. The quantitative estimate of drug-likeness (QED) is 0.0441. The molecule has 0 aliphatic carbocycles. The van der Waals surface area contributed by atoms with Gasteiger partial charge in [0.1, 0.15) is 17.3 Å². The van der Waals surface area contributed by atoms with E-state index >= 15 is 0 Å². The molecule has 11 heteroatoms. The molecule has 2 rings (SSSR count). The Morgan fingerprint density at radius 2 is 1.19 bits per heavy atom. The first-order valence-corrected chi connectivity index (χ1v) is 24.9. The Labute approximate surface area is 294 Å². The number of carbonyl (C=O) groups is 2. The van der Waals surface area contributed by atoms with Gasteiger partial charge >= 0.3 is 8.56 Å². The first-order valence-electron chi connectivity index (χ1n) is 15.8. The molecule has 0 atom stereocenters. The van der Waals surface area contributed by atoms with Crippen molar-refractivity contribution in [3.8, 4) is 12.0 Å². The van der Waals surface area contributed by atoms with Crippen molar-refractivity contribution < 1.29 is 27.4 Å². The third-order valence-corrected chi connectivity index (χ3v) is 19.1. The standard InChI is InChI=1S/C34H50N2O6Si3.3CH4/c1-27-15-17-29(23-33(27)36-26-37)21-31(38)13-9-11-19-43(3,4)41-45(7,8)42-44(5,6)20-12-10-14-32(39)22-30-18-16-28(2)34(24-30)40-25-35;;;/h15-18,23-24H,9-14,19-22H2,1-8H3;3*1H4. The molecule has 0 unspecified atom stereocenters. The van der Waals surface area contributed by atoms with Gasteiger partial charge in [-0.2, -0.15) is 4.99 Å². The predicted octanol–water partition coefficient (Wildman–Crippen LogP) is 10.4. The second kappa shape index (κ2) is 21.9. The minimum atomic E-state index is -2.36. The van der Waals surface area contributed by atoms with Crippen LogP contribution in [0.5, 0.6) is 5.75 Å². The Morgan fingerprint density at radius 3 is 1.65 bits per heavy atom. The number of hydrogen-bond donors (Lipinski definition) is 0. The zero-order chi connectivity index (χ0) is 33.7. The maximum Gasteiger partial charge on any atom is 0.311 e. The predicted molar refractivity (Wildman–Crippen MR) is 206 cm³/mol. The molecule has 0 aromatic heterocycles. The van der Waals surface area contributed by atoms with Gasteiger partial charge in [0.2, 0.25) is 6.08 Å². The molecule has 0 bridgehead atoms. The summed E-state index contributed by atoms with van der Waals surface area (Å²) in [6.45, 7) is 17.0. The summed E-state index contributed by atoms with van der Waals surface area (Å²) in [6.07, 6.45) is 8.52. The Hall–Kier alpha value is -2.98. The molecular weight excluding hydrogens is 653 g/mol. The summed E-state index contributed by atoms with van der Waals surface area (Å²) in [5.74, 6) is 0.866. The van der Waals surface area contributed by atoms with Crippen molar-refractivity contribution in [2.45, 2.75) is 139 Å². The molecule has 0 heterocycles. The molecule has 0 N–H and O–H groups in total. The van der Waals surface area contributed by atoms with E-state index in [0.29, 0.717) is 37.1 Å². The minimum Gasteiger partial charge on any atom is -0.437 e. The summed E-state index contributed by atoms with van der Waals surface area (Å²) >= 11 is 0. The molecule has 0 saturated carbocycles. The van der Waals surface area contributed by atoms with E-state index in [1.807, 2.05) is 38.1 Å². The number of isocyanates is 1. The van der Waals surface area contributed by atoms with E-state index in [9.17, 15) is 14.4 Å². The molecular formula is C37H62N2O6Si3. The molecule has 268 valence electrons. The van der Waals surface area contributed by atoms with Crippen molar-refractivity contribution in [2.24, 2.45) is 4.99 Å². The molecule has 0 aliphatic heterocycles. The van der Waals surface area contributed by atoms with Crippen LogP contribution in [-0.4, -0.2) is 42.8 Å². The lowest BCUT2D eigenvalue weighted by atomic mass is 10.0. The van der Waals surface area contributed by atoms with Crippen molar-refractivity contribution in [3.05, 3.63) is 58.7 Å². The molecule has 0 aliphatic rings. The van der Waals surface area contributed by atoms with Crippen LogP contribution in [0.15, 0.2) is 41.4 Å². The fourth-order valence-electron chi connectivity index (χ4n) is 5.68. The lowest BCUT2D eigenvalue weighted by molar-refractivity contribution is -0.119. The highest BCUT2D eigenvalue weighted by atomic mass is 28.5. The van der Waals surface area contributed by atoms with Gasteiger partial charge in [0.05, 0.1) is 5.69 Å². The number of nitrogens with zero attached hydrogens (tertiary/aromatic N) is 2. The van der Waals surface area contributed by atoms with Gasteiger partial charge in [-0.05, 0) is 112 Å². The Bertz CT molecular complexity index is 1410. The molecule has 0 amide bonds. The average molecular weight is 715 g/mol. The molecule has 0 saturated heterocycles. The van der Waals surface area contributed by atoms with E-state index in [1.165, 1.54) is 0 Å². The van der Waals surface area contributed by atoms with Crippen molar-refractivity contribution in [2.75, 3.05) is 0 Å². The molecule has 0 fully saturated rings. The number of Topliss-reactive ketones (excluding diaryl/α,β-unsaturated/α-hetero) is 2. The van der Waals surface area contributed by atoms with Crippen LogP contribution in [-0.2, 0) is 35.5 Å². The number of ketones is 2. The minimum absolute atomic E-state index is 0. The first kappa shape index (κ1) is 47.1. The highest BCUT2D eigenvalue weighted by Crippen LogP contribution is 2.28. The summed E-state index contributed by atoms with van der Waals surface area (Å²) in [6, 6.07) is 13.1. The molecule has 0 spiro atoms. The fraction of sp³-hybridized carbons (Fsp3) is 0.568. The van der Waals surface area contributed by atoms with Gasteiger partial charge in [-0.3, -0.25) is 9.59 Å². The smallest absolute Gasteiger partial charge is 0.311 e. The lowest BCUT2D eigenvalue weighted by Gasteiger charge is -2.38. The molecule has 2 aromatic carbocycles. The molecule has 48 heavy (non-hydrogen) atoms. The largest absolute Gasteiger partial charge is 0.437 e. The number of hydrogen-bond acceptors (Lipinski definition) is 8. The summed E-state index contributed by atoms with van der Waals surface area (Å²) in [7, 11) is -6.32. The monoisotopic (exact) mass is 714 g/mol. The van der Waals surface area contributed by atoms with Crippen LogP contribution in [0.2, 0.25) is 51.4 Å². The second-order valence-electron chi connectivity index (χ2n) is 13.6. The van der Waals surface area contributed by atoms with Crippen molar-refractivity contribution >= 4 is 48.5 Å². The number of rotatable bonds is 20. The number of benzene rings is 2. The van der Waals surface area contributed by atoms with Crippen LogP contribution in [0.25, 0.3) is 0 Å². The van der Waals surface area contributed by atoms with Gasteiger partial charge in [0, 0.05) is 25.7 Å². The van der Waals surface area contributed by atoms with Gasteiger partial charge in [-0.15, -0.1) is 5.26 Å². The van der Waals surface area contributed by atoms with Crippen LogP contribution >= 0.6 is 0 Å². The van der Waals surface area contributed by atoms with Gasteiger partial charge in [-0.1, -0.05) is 59.4 Å². The van der Waals surface area contributed by atoms with Crippen molar-refractivity contribution in [3.63, 3.8) is 0 Å². The van der Waals surface area contributed by atoms with Gasteiger partial charge in [0.15, 0.2) is 16.6 Å². The maximum absolute atomic E-state index is 12.6. The van der Waals surface area contributed by atoms with E-state index in [1.54, 1.807) is 24.5 Å². The number of ether oxygens (including phenoxy) is 1.